The van der Waals surface area contributed by atoms with Crippen LogP contribution in [0.3, 0.4) is 0 Å². The van der Waals surface area contributed by atoms with E-state index < -0.39 is 0 Å². The molecule has 0 bridgehead atoms. The molecule has 0 atom stereocenters. The van der Waals surface area contributed by atoms with Gasteiger partial charge in [0.15, 0.2) is 5.76 Å². The second kappa shape index (κ2) is 8.02. The maximum absolute atomic E-state index is 13.2. The smallest absolute Gasteiger partial charge is 0.230 e. The lowest BCUT2D eigenvalue weighted by atomic mass is 10.1. The van der Waals surface area contributed by atoms with Crippen LogP contribution in [0.15, 0.2) is 71.1 Å². The summed E-state index contributed by atoms with van der Waals surface area (Å²) in [5.74, 6) is 0.544. The Morgan fingerprint density at radius 2 is 1.83 bits per heavy atom. The number of anilines is 1. The van der Waals surface area contributed by atoms with E-state index in [4.69, 9.17) is 20.8 Å². The number of benzene rings is 3. The number of carbonyl (C=O) groups excluding carboxylic acids is 1. The number of ketones is 1. The molecule has 1 heterocycles. The molecule has 0 unspecified atom stereocenters. The van der Waals surface area contributed by atoms with Crippen molar-refractivity contribution < 1.29 is 13.9 Å². The molecule has 29 heavy (non-hydrogen) atoms. The zero-order valence-electron chi connectivity index (χ0n) is 16.2. The first-order chi connectivity index (χ1) is 14.1. The molecule has 0 aliphatic heterocycles. The summed E-state index contributed by atoms with van der Waals surface area (Å²) in [6, 6.07) is 20.8. The molecule has 1 N–H and O–H groups in total. The lowest BCUT2D eigenvalue weighted by Gasteiger charge is -2.09. The summed E-state index contributed by atoms with van der Waals surface area (Å²) in [6.07, 6.45) is 0. The van der Waals surface area contributed by atoms with Crippen molar-refractivity contribution in [3.05, 3.63) is 94.2 Å². The molecular weight excluding hydrogens is 386 g/mol. The Balaban J connectivity index is 1.71. The van der Waals surface area contributed by atoms with Crippen molar-refractivity contribution in [3.63, 3.8) is 0 Å². The van der Waals surface area contributed by atoms with Gasteiger partial charge in [-0.15, -0.1) is 0 Å². The van der Waals surface area contributed by atoms with E-state index in [0.29, 0.717) is 34.2 Å². The third-order valence-electron chi connectivity index (χ3n) is 4.81. The van der Waals surface area contributed by atoms with Gasteiger partial charge in [-0.2, -0.15) is 0 Å². The fourth-order valence-electron chi connectivity index (χ4n) is 3.22. The summed E-state index contributed by atoms with van der Waals surface area (Å²) in [5, 5.41) is 4.63. The van der Waals surface area contributed by atoms with Gasteiger partial charge in [0.1, 0.15) is 11.3 Å². The van der Waals surface area contributed by atoms with Gasteiger partial charge in [0.2, 0.25) is 5.78 Å². The fraction of sp³-hybridized carbons (Fsp3) is 0.125. The van der Waals surface area contributed by atoms with Crippen molar-refractivity contribution in [2.24, 2.45) is 0 Å². The van der Waals surface area contributed by atoms with E-state index in [-0.39, 0.29) is 11.5 Å². The van der Waals surface area contributed by atoms with Crippen LogP contribution in [-0.2, 0) is 6.54 Å². The molecule has 4 rings (SSSR count). The Labute approximate surface area is 174 Å². The number of methoxy groups -OCH3 is 1. The van der Waals surface area contributed by atoms with Gasteiger partial charge in [0.05, 0.1) is 17.8 Å². The second-order valence-electron chi connectivity index (χ2n) is 6.82. The molecule has 0 amide bonds. The maximum atomic E-state index is 13.2. The minimum atomic E-state index is -0.239. The predicted octanol–water partition coefficient (Wildman–Crippen LogP) is 6.25. The Morgan fingerprint density at radius 1 is 1.07 bits per heavy atom. The van der Waals surface area contributed by atoms with Crippen molar-refractivity contribution >= 4 is 34.0 Å². The van der Waals surface area contributed by atoms with Gasteiger partial charge in [-0.25, -0.2) is 0 Å². The average molecular weight is 406 g/mol. The van der Waals surface area contributed by atoms with Crippen LogP contribution < -0.4 is 10.1 Å². The van der Waals surface area contributed by atoms with Crippen molar-refractivity contribution in [2.75, 3.05) is 12.4 Å². The number of ether oxygens (including phenoxy) is 1. The number of hydrogen-bond donors (Lipinski definition) is 1. The highest BCUT2D eigenvalue weighted by molar-refractivity contribution is 6.32. The van der Waals surface area contributed by atoms with E-state index in [2.05, 4.69) is 36.5 Å². The molecule has 0 fully saturated rings. The van der Waals surface area contributed by atoms with Gasteiger partial charge in [0.25, 0.3) is 0 Å². The summed E-state index contributed by atoms with van der Waals surface area (Å²) < 4.78 is 11.1. The molecule has 146 valence electrons. The molecule has 1 aromatic heterocycles. The lowest BCUT2D eigenvalue weighted by molar-refractivity contribution is 0.101. The first-order valence-electron chi connectivity index (χ1n) is 9.26. The Bertz CT molecular complexity index is 1180. The van der Waals surface area contributed by atoms with Crippen molar-refractivity contribution in [3.8, 4) is 5.75 Å². The first kappa shape index (κ1) is 19.1. The zero-order valence-corrected chi connectivity index (χ0v) is 16.9. The minimum Gasteiger partial charge on any atom is -0.495 e. The van der Waals surface area contributed by atoms with E-state index in [1.54, 1.807) is 18.2 Å². The van der Waals surface area contributed by atoms with E-state index in [1.165, 1.54) is 12.7 Å². The first-order valence-corrected chi connectivity index (χ1v) is 9.64. The van der Waals surface area contributed by atoms with Gasteiger partial charge in [0, 0.05) is 17.5 Å². The highest BCUT2D eigenvalue weighted by Gasteiger charge is 2.22. The van der Waals surface area contributed by atoms with Crippen LogP contribution in [0.5, 0.6) is 5.75 Å². The van der Waals surface area contributed by atoms with Gasteiger partial charge < -0.3 is 14.5 Å². The number of aryl methyl sites for hydroxylation is 1. The predicted molar refractivity (Wildman–Crippen MR) is 116 cm³/mol. The standard InChI is InChI=1S/C24H20ClNO3/c1-15-7-9-16(10-8-15)14-26-22-18-5-3-4-6-20(18)29-24(22)23(27)17-11-12-21(28-2)19(25)13-17/h3-13,26H,14H2,1-2H3. The Kier molecular flexibility index (Phi) is 5.28. The number of carbonyl (C=O) groups is 1. The third-order valence-corrected chi connectivity index (χ3v) is 5.10. The largest absolute Gasteiger partial charge is 0.495 e. The number of fused-ring (bicyclic) bond motifs is 1. The highest BCUT2D eigenvalue weighted by atomic mass is 35.5. The molecule has 4 nitrogen and oxygen atoms in total. The highest BCUT2D eigenvalue weighted by Crippen LogP contribution is 2.34. The molecule has 3 aromatic carbocycles. The van der Waals surface area contributed by atoms with Gasteiger partial charge in [-0.1, -0.05) is 53.6 Å². The molecule has 5 heteroatoms. The van der Waals surface area contributed by atoms with Crippen molar-refractivity contribution in [1.29, 1.82) is 0 Å². The summed E-state index contributed by atoms with van der Waals surface area (Å²) >= 11 is 6.21. The summed E-state index contributed by atoms with van der Waals surface area (Å²) in [4.78, 5) is 13.2. The number of halogens is 1. The number of para-hydroxylation sites is 1. The SMILES string of the molecule is COc1ccc(C(=O)c2oc3ccccc3c2NCc2ccc(C)cc2)cc1Cl. The maximum Gasteiger partial charge on any atom is 0.230 e. The van der Waals surface area contributed by atoms with Crippen LogP contribution >= 0.6 is 11.6 Å². The summed E-state index contributed by atoms with van der Waals surface area (Å²) in [6.45, 7) is 2.63. The molecule has 0 aliphatic rings. The van der Waals surface area contributed by atoms with Crippen molar-refractivity contribution in [1.82, 2.24) is 0 Å². The van der Waals surface area contributed by atoms with Crippen LogP contribution in [0.25, 0.3) is 11.0 Å². The molecule has 4 aromatic rings. The van der Waals surface area contributed by atoms with Crippen LogP contribution in [0, 0.1) is 6.92 Å². The molecule has 0 saturated carbocycles. The number of nitrogens with one attached hydrogen (secondary N) is 1. The van der Waals surface area contributed by atoms with Crippen molar-refractivity contribution in [2.45, 2.75) is 13.5 Å². The number of rotatable bonds is 6. The van der Waals surface area contributed by atoms with E-state index in [9.17, 15) is 4.79 Å². The Hall–Kier alpha value is -3.24. The fourth-order valence-corrected chi connectivity index (χ4v) is 3.47. The second-order valence-corrected chi connectivity index (χ2v) is 7.23. The van der Waals surface area contributed by atoms with E-state index >= 15 is 0 Å². The topological polar surface area (TPSA) is 51.5 Å². The van der Waals surface area contributed by atoms with Gasteiger partial charge in [-0.05, 0) is 42.8 Å². The molecule has 0 radical (unpaired) electrons. The zero-order chi connectivity index (χ0) is 20.4. The normalized spacial score (nSPS) is 10.9. The minimum absolute atomic E-state index is 0.239. The number of furan rings is 1. The number of hydrogen-bond acceptors (Lipinski definition) is 4. The summed E-state index contributed by atoms with van der Waals surface area (Å²) in [7, 11) is 1.54. The molecule has 0 aliphatic carbocycles. The van der Waals surface area contributed by atoms with Gasteiger partial charge >= 0.3 is 0 Å². The molecule has 0 saturated heterocycles. The van der Waals surface area contributed by atoms with Crippen LogP contribution in [-0.4, -0.2) is 12.9 Å². The monoisotopic (exact) mass is 405 g/mol. The third kappa shape index (κ3) is 3.84. The van der Waals surface area contributed by atoms with Crippen LogP contribution in [0.4, 0.5) is 5.69 Å². The van der Waals surface area contributed by atoms with Gasteiger partial charge in [-0.3, -0.25) is 4.79 Å². The molecule has 0 spiro atoms. The van der Waals surface area contributed by atoms with Crippen LogP contribution in [0.2, 0.25) is 5.02 Å². The van der Waals surface area contributed by atoms with Crippen LogP contribution in [0.1, 0.15) is 27.2 Å². The molecular formula is C24H20ClNO3. The Morgan fingerprint density at radius 3 is 2.55 bits per heavy atom. The van der Waals surface area contributed by atoms with E-state index in [0.717, 1.165) is 10.9 Å². The quantitative estimate of drug-likeness (QED) is 0.385. The summed E-state index contributed by atoms with van der Waals surface area (Å²) in [5.41, 5.74) is 4.09. The van der Waals surface area contributed by atoms with E-state index in [1.807, 2.05) is 24.3 Å². The lowest BCUT2D eigenvalue weighted by Crippen LogP contribution is -2.06. The average Bonchev–Trinajstić information content (AvgIpc) is 3.11.